The van der Waals surface area contributed by atoms with Crippen molar-refractivity contribution < 1.29 is 14.3 Å². The number of aromatic nitrogens is 1. The molecule has 0 spiro atoms. The predicted molar refractivity (Wildman–Crippen MR) is 94.7 cm³/mol. The summed E-state index contributed by atoms with van der Waals surface area (Å²) in [4.78, 5) is 33.1. The van der Waals surface area contributed by atoms with Gasteiger partial charge in [0.15, 0.2) is 0 Å². The molecule has 3 rings (SSSR count). The zero-order chi connectivity index (χ0) is 17.8. The van der Waals surface area contributed by atoms with Crippen LogP contribution < -0.4 is 9.64 Å². The number of hydrogen-bond acceptors (Lipinski definition) is 4. The van der Waals surface area contributed by atoms with Crippen molar-refractivity contribution in [2.24, 2.45) is 0 Å². The summed E-state index contributed by atoms with van der Waals surface area (Å²) in [6, 6.07) is 12.4. The fourth-order valence-corrected chi connectivity index (χ4v) is 3.12. The molecule has 0 aliphatic carbocycles. The normalized spacial score (nSPS) is 16.8. The van der Waals surface area contributed by atoms with Crippen molar-refractivity contribution in [1.29, 1.82) is 0 Å². The summed E-state index contributed by atoms with van der Waals surface area (Å²) < 4.78 is 5.02. The largest absolute Gasteiger partial charge is 0.481 e. The molecule has 25 heavy (non-hydrogen) atoms. The molecule has 0 unspecified atom stereocenters. The number of methoxy groups -OCH3 is 1. The molecule has 1 saturated heterocycles. The maximum Gasteiger partial charge on any atom is 0.256 e. The average molecular weight is 339 g/mol. The van der Waals surface area contributed by atoms with Gasteiger partial charge in [-0.25, -0.2) is 4.98 Å². The number of carbonyl (C=O) groups is 2. The van der Waals surface area contributed by atoms with E-state index in [2.05, 4.69) is 4.98 Å². The van der Waals surface area contributed by atoms with E-state index in [9.17, 15) is 9.59 Å². The SMILES string of the molecule is CCN(C(=O)c1ccc(OC)nc1)[C@@H]1CCN(c2ccccc2)C1=O. The first-order valence-corrected chi connectivity index (χ1v) is 8.33. The van der Waals surface area contributed by atoms with Crippen molar-refractivity contribution in [1.82, 2.24) is 9.88 Å². The summed E-state index contributed by atoms with van der Waals surface area (Å²) in [6.45, 7) is 2.95. The molecule has 2 heterocycles. The fraction of sp³-hybridized carbons (Fsp3) is 0.316. The fourth-order valence-electron chi connectivity index (χ4n) is 3.12. The Labute approximate surface area is 147 Å². The molecule has 6 heteroatoms. The summed E-state index contributed by atoms with van der Waals surface area (Å²) in [5, 5.41) is 0. The van der Waals surface area contributed by atoms with E-state index in [1.54, 1.807) is 21.9 Å². The molecule has 1 aromatic carbocycles. The molecule has 2 amide bonds. The van der Waals surface area contributed by atoms with Gasteiger partial charge in [0.25, 0.3) is 5.91 Å². The zero-order valence-corrected chi connectivity index (χ0v) is 14.4. The maximum absolute atomic E-state index is 12.8. The Kier molecular flexibility index (Phi) is 4.97. The van der Waals surface area contributed by atoms with Crippen LogP contribution in [-0.2, 0) is 4.79 Å². The van der Waals surface area contributed by atoms with Gasteiger partial charge in [-0.1, -0.05) is 18.2 Å². The number of amides is 2. The van der Waals surface area contributed by atoms with E-state index < -0.39 is 6.04 Å². The molecule has 1 atom stereocenters. The molecular weight excluding hydrogens is 318 g/mol. The van der Waals surface area contributed by atoms with Gasteiger partial charge in [0.1, 0.15) is 6.04 Å². The van der Waals surface area contributed by atoms with Gasteiger partial charge < -0.3 is 14.5 Å². The predicted octanol–water partition coefficient (Wildman–Crippen LogP) is 2.36. The highest BCUT2D eigenvalue weighted by atomic mass is 16.5. The molecule has 1 aliphatic rings. The topological polar surface area (TPSA) is 62.7 Å². The molecule has 1 fully saturated rings. The minimum absolute atomic E-state index is 0.0390. The molecule has 0 saturated carbocycles. The van der Waals surface area contributed by atoms with Gasteiger partial charge >= 0.3 is 0 Å². The third kappa shape index (κ3) is 3.33. The van der Waals surface area contributed by atoms with Crippen LogP contribution in [0, 0.1) is 0 Å². The first kappa shape index (κ1) is 17.0. The Bertz CT molecular complexity index is 746. The second-order valence-corrected chi connectivity index (χ2v) is 5.81. The number of likely N-dealkylation sites (N-methyl/N-ethyl adjacent to an activating group) is 1. The van der Waals surface area contributed by atoms with E-state index >= 15 is 0 Å². The average Bonchev–Trinajstić information content (AvgIpc) is 3.04. The summed E-state index contributed by atoms with van der Waals surface area (Å²) in [5.74, 6) is 0.223. The molecule has 2 aromatic rings. The lowest BCUT2D eigenvalue weighted by Gasteiger charge is -2.27. The highest BCUT2D eigenvalue weighted by Gasteiger charge is 2.38. The van der Waals surface area contributed by atoms with Crippen LogP contribution in [-0.4, -0.2) is 47.9 Å². The van der Waals surface area contributed by atoms with Crippen molar-refractivity contribution in [2.75, 3.05) is 25.1 Å². The smallest absolute Gasteiger partial charge is 0.256 e. The lowest BCUT2D eigenvalue weighted by atomic mass is 10.1. The Balaban J connectivity index is 1.78. The highest BCUT2D eigenvalue weighted by molar-refractivity contribution is 6.03. The van der Waals surface area contributed by atoms with Crippen LogP contribution in [0.25, 0.3) is 0 Å². The van der Waals surface area contributed by atoms with Crippen LogP contribution in [0.2, 0.25) is 0 Å². The first-order valence-electron chi connectivity index (χ1n) is 8.33. The van der Waals surface area contributed by atoms with Gasteiger partial charge in [0, 0.05) is 31.0 Å². The van der Waals surface area contributed by atoms with Crippen molar-refractivity contribution in [3.8, 4) is 5.88 Å². The highest BCUT2D eigenvalue weighted by Crippen LogP contribution is 2.25. The number of nitrogens with zero attached hydrogens (tertiary/aromatic N) is 3. The van der Waals surface area contributed by atoms with E-state index in [0.717, 1.165) is 5.69 Å². The van der Waals surface area contributed by atoms with Crippen molar-refractivity contribution >= 4 is 17.5 Å². The van der Waals surface area contributed by atoms with Crippen molar-refractivity contribution in [3.63, 3.8) is 0 Å². The van der Waals surface area contributed by atoms with Gasteiger partial charge in [-0.3, -0.25) is 9.59 Å². The van der Waals surface area contributed by atoms with Crippen molar-refractivity contribution in [2.45, 2.75) is 19.4 Å². The van der Waals surface area contributed by atoms with Gasteiger partial charge in [0.2, 0.25) is 11.8 Å². The molecular formula is C19H21N3O3. The number of pyridine rings is 1. The van der Waals surface area contributed by atoms with Gasteiger partial charge in [-0.15, -0.1) is 0 Å². The minimum atomic E-state index is -0.445. The molecule has 1 aromatic heterocycles. The summed E-state index contributed by atoms with van der Waals surface area (Å²) in [6.07, 6.45) is 2.11. The van der Waals surface area contributed by atoms with Gasteiger partial charge in [0.05, 0.1) is 12.7 Å². The third-order valence-electron chi connectivity index (χ3n) is 4.42. The van der Waals surface area contributed by atoms with Crippen LogP contribution in [0.5, 0.6) is 5.88 Å². The van der Waals surface area contributed by atoms with Gasteiger partial charge in [-0.2, -0.15) is 0 Å². The monoisotopic (exact) mass is 339 g/mol. The quantitative estimate of drug-likeness (QED) is 0.839. The first-order chi connectivity index (χ1) is 12.2. The number of para-hydroxylation sites is 1. The molecule has 1 aliphatic heterocycles. The maximum atomic E-state index is 12.8. The molecule has 0 radical (unpaired) electrons. The number of hydrogen-bond donors (Lipinski definition) is 0. The van der Waals surface area contributed by atoms with Crippen molar-refractivity contribution in [3.05, 3.63) is 54.2 Å². The molecule has 0 N–H and O–H groups in total. The van der Waals surface area contributed by atoms with Crippen LogP contribution in [0.4, 0.5) is 5.69 Å². The van der Waals surface area contributed by atoms with E-state index in [1.165, 1.54) is 13.3 Å². The number of rotatable bonds is 5. The summed E-state index contributed by atoms with van der Waals surface area (Å²) in [7, 11) is 1.53. The Morgan fingerprint density at radius 3 is 2.64 bits per heavy atom. The zero-order valence-electron chi connectivity index (χ0n) is 14.4. The third-order valence-corrected chi connectivity index (χ3v) is 4.42. The summed E-state index contributed by atoms with van der Waals surface area (Å²) in [5.41, 5.74) is 1.32. The minimum Gasteiger partial charge on any atom is -0.481 e. The Morgan fingerprint density at radius 1 is 1.28 bits per heavy atom. The molecule has 6 nitrogen and oxygen atoms in total. The van der Waals surface area contributed by atoms with Crippen LogP contribution in [0.15, 0.2) is 48.7 Å². The Hall–Kier alpha value is -2.89. The standard InChI is InChI=1S/C19H21N3O3/c1-3-21(18(23)14-9-10-17(25-2)20-13-14)16-11-12-22(19(16)24)15-7-5-4-6-8-15/h4-10,13,16H,3,11-12H2,1-2H3/t16-/m1/s1. The second kappa shape index (κ2) is 7.34. The molecule has 0 bridgehead atoms. The lowest BCUT2D eigenvalue weighted by Crippen LogP contribution is -2.45. The number of benzene rings is 1. The van der Waals surface area contributed by atoms with E-state index in [1.807, 2.05) is 37.3 Å². The summed E-state index contributed by atoms with van der Waals surface area (Å²) >= 11 is 0. The number of anilines is 1. The van der Waals surface area contributed by atoms with Crippen LogP contribution in [0.3, 0.4) is 0 Å². The van der Waals surface area contributed by atoms with E-state index in [4.69, 9.17) is 4.74 Å². The lowest BCUT2D eigenvalue weighted by molar-refractivity contribution is -0.120. The number of carbonyl (C=O) groups excluding carboxylic acids is 2. The Morgan fingerprint density at radius 2 is 2.04 bits per heavy atom. The second-order valence-electron chi connectivity index (χ2n) is 5.81. The number of ether oxygens (including phenoxy) is 1. The van der Waals surface area contributed by atoms with E-state index in [0.29, 0.717) is 31.0 Å². The van der Waals surface area contributed by atoms with Crippen LogP contribution >= 0.6 is 0 Å². The van der Waals surface area contributed by atoms with Gasteiger partial charge in [-0.05, 0) is 31.5 Å². The molecule has 130 valence electrons. The van der Waals surface area contributed by atoms with Crippen LogP contribution in [0.1, 0.15) is 23.7 Å². The van der Waals surface area contributed by atoms with E-state index in [-0.39, 0.29) is 11.8 Å².